The van der Waals surface area contributed by atoms with Gasteiger partial charge in [-0.3, -0.25) is 4.79 Å². The summed E-state index contributed by atoms with van der Waals surface area (Å²) in [6.45, 7) is 9.25. The van der Waals surface area contributed by atoms with Crippen molar-refractivity contribution in [2.75, 3.05) is 10.6 Å². The Morgan fingerprint density at radius 2 is 1.61 bits per heavy atom. The molecule has 0 aliphatic heterocycles. The first-order chi connectivity index (χ1) is 13.3. The summed E-state index contributed by atoms with van der Waals surface area (Å²) >= 11 is 0. The van der Waals surface area contributed by atoms with Crippen LogP contribution in [0.2, 0.25) is 0 Å². The summed E-state index contributed by atoms with van der Waals surface area (Å²) in [4.78, 5) is 16.8. The summed E-state index contributed by atoms with van der Waals surface area (Å²) in [5.74, 6) is 0.635. The molecular formula is C24H27N3O. The topological polar surface area (TPSA) is 54.0 Å². The molecule has 4 nitrogen and oxygen atoms in total. The predicted octanol–water partition coefficient (Wildman–Crippen LogP) is 5.55. The number of hydrogen-bond donors (Lipinski definition) is 2. The lowest BCUT2D eigenvalue weighted by Gasteiger charge is -2.19. The molecule has 2 N–H and O–H groups in total. The van der Waals surface area contributed by atoms with Gasteiger partial charge in [-0.05, 0) is 47.7 Å². The van der Waals surface area contributed by atoms with Gasteiger partial charge in [0.1, 0.15) is 5.82 Å². The van der Waals surface area contributed by atoms with E-state index >= 15 is 0 Å². The number of nitrogens with zero attached hydrogens (tertiary/aromatic N) is 1. The molecule has 0 bridgehead atoms. The molecule has 1 aromatic heterocycles. The minimum atomic E-state index is -0.136. The van der Waals surface area contributed by atoms with E-state index in [-0.39, 0.29) is 11.3 Å². The smallest absolute Gasteiger partial charge is 0.255 e. The fourth-order valence-electron chi connectivity index (χ4n) is 2.80. The monoisotopic (exact) mass is 373 g/mol. The molecule has 0 aliphatic carbocycles. The summed E-state index contributed by atoms with van der Waals surface area (Å²) < 4.78 is 0. The second-order valence-corrected chi connectivity index (χ2v) is 8.05. The van der Waals surface area contributed by atoms with Crippen LogP contribution in [0.25, 0.3) is 0 Å². The third-order valence-electron chi connectivity index (χ3n) is 4.63. The molecule has 3 rings (SSSR count). The average Bonchev–Trinajstić information content (AvgIpc) is 2.68. The minimum Gasteiger partial charge on any atom is -0.366 e. The molecule has 4 heteroatoms. The Bertz CT molecular complexity index is 922. The Hall–Kier alpha value is -3.14. The number of pyridine rings is 1. The predicted molar refractivity (Wildman–Crippen MR) is 116 cm³/mol. The average molecular weight is 374 g/mol. The van der Waals surface area contributed by atoms with Crippen LogP contribution in [0.5, 0.6) is 0 Å². The molecule has 0 atom stereocenters. The highest BCUT2D eigenvalue weighted by molar-refractivity contribution is 6.04. The van der Waals surface area contributed by atoms with Crippen molar-refractivity contribution in [3.8, 4) is 0 Å². The van der Waals surface area contributed by atoms with Gasteiger partial charge in [0.2, 0.25) is 0 Å². The fraction of sp³-hybridized carbons (Fsp3) is 0.250. The van der Waals surface area contributed by atoms with E-state index in [2.05, 4.69) is 67.6 Å². The van der Waals surface area contributed by atoms with Crippen LogP contribution in [0.3, 0.4) is 0 Å². The molecule has 0 unspecified atom stereocenters. The number of aromatic nitrogens is 1. The molecule has 0 radical (unpaired) electrons. The lowest BCUT2D eigenvalue weighted by atomic mass is 9.87. The number of carbonyl (C=O) groups excluding carboxylic acids is 1. The molecule has 0 aliphatic rings. The standard InChI is InChI=1S/C24H27N3O/c1-17-5-7-18(8-6-17)15-25-22-14-13-21(16-26-22)27-23(28)19-9-11-20(12-10-19)24(2,3)4/h5-14,16H,15H2,1-4H3,(H,25,26)(H,27,28). The van der Waals surface area contributed by atoms with Gasteiger partial charge in [0.25, 0.3) is 5.91 Å². The van der Waals surface area contributed by atoms with Gasteiger partial charge < -0.3 is 10.6 Å². The van der Waals surface area contributed by atoms with Gasteiger partial charge in [-0.15, -0.1) is 0 Å². The molecular weight excluding hydrogens is 346 g/mol. The Labute approximate surface area is 167 Å². The van der Waals surface area contributed by atoms with E-state index in [4.69, 9.17) is 0 Å². The summed E-state index contributed by atoms with van der Waals surface area (Å²) in [7, 11) is 0. The second kappa shape index (κ2) is 8.26. The molecule has 0 saturated carbocycles. The minimum absolute atomic E-state index is 0.0698. The lowest BCUT2D eigenvalue weighted by Crippen LogP contribution is -2.14. The van der Waals surface area contributed by atoms with E-state index in [0.717, 1.165) is 5.82 Å². The summed E-state index contributed by atoms with van der Waals surface area (Å²) in [6.07, 6.45) is 1.67. The molecule has 144 valence electrons. The maximum atomic E-state index is 12.4. The van der Waals surface area contributed by atoms with Crippen LogP contribution in [-0.4, -0.2) is 10.9 Å². The van der Waals surface area contributed by atoms with Gasteiger partial charge in [-0.25, -0.2) is 4.98 Å². The molecule has 1 heterocycles. The van der Waals surface area contributed by atoms with Crippen molar-refractivity contribution in [1.29, 1.82) is 0 Å². The number of hydrogen-bond acceptors (Lipinski definition) is 3. The highest BCUT2D eigenvalue weighted by Crippen LogP contribution is 2.22. The van der Waals surface area contributed by atoms with Gasteiger partial charge in [0.15, 0.2) is 0 Å². The quantitative estimate of drug-likeness (QED) is 0.616. The van der Waals surface area contributed by atoms with Gasteiger partial charge in [-0.1, -0.05) is 62.7 Å². The van der Waals surface area contributed by atoms with Crippen LogP contribution >= 0.6 is 0 Å². The Morgan fingerprint density at radius 3 is 2.18 bits per heavy atom. The third-order valence-corrected chi connectivity index (χ3v) is 4.63. The molecule has 3 aromatic rings. The van der Waals surface area contributed by atoms with Crippen LogP contribution in [0.4, 0.5) is 11.5 Å². The number of rotatable bonds is 5. The van der Waals surface area contributed by atoms with E-state index in [1.807, 2.05) is 36.4 Å². The van der Waals surface area contributed by atoms with Crippen LogP contribution in [0.1, 0.15) is 47.8 Å². The molecule has 1 amide bonds. The SMILES string of the molecule is Cc1ccc(CNc2ccc(NC(=O)c3ccc(C(C)(C)C)cc3)cn2)cc1. The zero-order valence-corrected chi connectivity index (χ0v) is 16.9. The zero-order valence-electron chi connectivity index (χ0n) is 16.9. The van der Waals surface area contributed by atoms with E-state index in [0.29, 0.717) is 17.8 Å². The second-order valence-electron chi connectivity index (χ2n) is 8.05. The number of nitrogens with one attached hydrogen (secondary N) is 2. The first-order valence-corrected chi connectivity index (χ1v) is 9.49. The van der Waals surface area contributed by atoms with E-state index in [9.17, 15) is 4.79 Å². The maximum Gasteiger partial charge on any atom is 0.255 e. The van der Waals surface area contributed by atoms with Crippen LogP contribution in [-0.2, 0) is 12.0 Å². The van der Waals surface area contributed by atoms with E-state index in [1.165, 1.54) is 16.7 Å². The van der Waals surface area contributed by atoms with Crippen molar-refractivity contribution in [2.45, 2.75) is 39.7 Å². The number of amides is 1. The van der Waals surface area contributed by atoms with E-state index in [1.54, 1.807) is 6.20 Å². The Kier molecular flexibility index (Phi) is 5.78. The molecule has 2 aromatic carbocycles. The normalized spacial score (nSPS) is 11.1. The summed E-state index contributed by atoms with van der Waals surface area (Å²) in [5, 5.41) is 6.18. The van der Waals surface area contributed by atoms with Crippen LogP contribution < -0.4 is 10.6 Å². The Morgan fingerprint density at radius 1 is 0.929 bits per heavy atom. The molecule has 0 fully saturated rings. The zero-order chi connectivity index (χ0) is 20.1. The fourth-order valence-corrected chi connectivity index (χ4v) is 2.80. The number of carbonyl (C=O) groups is 1. The summed E-state index contributed by atoms with van der Waals surface area (Å²) in [6, 6.07) is 19.8. The first-order valence-electron chi connectivity index (χ1n) is 9.49. The number of anilines is 2. The van der Waals surface area contributed by atoms with E-state index < -0.39 is 0 Å². The van der Waals surface area contributed by atoms with Crippen molar-refractivity contribution in [1.82, 2.24) is 4.98 Å². The van der Waals surface area contributed by atoms with Crippen molar-refractivity contribution in [2.24, 2.45) is 0 Å². The molecule has 0 saturated heterocycles. The van der Waals surface area contributed by atoms with Crippen molar-refractivity contribution < 1.29 is 4.79 Å². The highest BCUT2D eigenvalue weighted by Gasteiger charge is 2.14. The van der Waals surface area contributed by atoms with Crippen LogP contribution in [0, 0.1) is 6.92 Å². The van der Waals surface area contributed by atoms with Crippen molar-refractivity contribution >= 4 is 17.4 Å². The first kappa shape index (κ1) is 19.6. The largest absolute Gasteiger partial charge is 0.366 e. The number of aryl methyl sites for hydroxylation is 1. The Balaban J connectivity index is 1.57. The van der Waals surface area contributed by atoms with Gasteiger partial charge in [-0.2, -0.15) is 0 Å². The molecule has 0 spiro atoms. The lowest BCUT2D eigenvalue weighted by molar-refractivity contribution is 0.102. The van der Waals surface area contributed by atoms with Crippen molar-refractivity contribution in [3.05, 3.63) is 89.1 Å². The number of benzene rings is 2. The van der Waals surface area contributed by atoms with Crippen molar-refractivity contribution in [3.63, 3.8) is 0 Å². The highest BCUT2D eigenvalue weighted by atomic mass is 16.1. The summed E-state index contributed by atoms with van der Waals surface area (Å²) in [5.41, 5.74) is 5.02. The maximum absolute atomic E-state index is 12.4. The third kappa shape index (κ3) is 5.19. The van der Waals surface area contributed by atoms with Gasteiger partial charge in [0.05, 0.1) is 11.9 Å². The van der Waals surface area contributed by atoms with Crippen LogP contribution in [0.15, 0.2) is 66.9 Å². The van der Waals surface area contributed by atoms with Gasteiger partial charge in [0, 0.05) is 12.1 Å². The molecule has 28 heavy (non-hydrogen) atoms. The van der Waals surface area contributed by atoms with Gasteiger partial charge >= 0.3 is 0 Å².